The van der Waals surface area contributed by atoms with E-state index >= 15 is 0 Å². The Bertz CT molecular complexity index is 448. The molecule has 0 saturated heterocycles. The van der Waals surface area contributed by atoms with E-state index in [2.05, 4.69) is 11.4 Å². The van der Waals surface area contributed by atoms with Crippen LogP contribution in [-0.4, -0.2) is 17.8 Å². The van der Waals surface area contributed by atoms with Gasteiger partial charge in [0.05, 0.1) is 11.3 Å². The lowest BCUT2D eigenvalue weighted by atomic mass is 9.86. The van der Waals surface area contributed by atoms with E-state index in [0.717, 1.165) is 31.4 Å². The number of anilines is 1. The van der Waals surface area contributed by atoms with E-state index in [1.165, 1.54) is 0 Å². The number of aliphatic hydroxyl groups excluding tert-OH is 1. The lowest BCUT2D eigenvalue weighted by Gasteiger charge is -2.29. The minimum Gasteiger partial charge on any atom is -0.396 e. The van der Waals surface area contributed by atoms with E-state index in [0.29, 0.717) is 22.5 Å². The van der Waals surface area contributed by atoms with Gasteiger partial charge in [-0.3, -0.25) is 0 Å². The molecule has 1 aromatic carbocycles. The molecule has 96 valence electrons. The molecule has 1 aliphatic rings. The van der Waals surface area contributed by atoms with Crippen molar-refractivity contribution in [2.24, 2.45) is 5.92 Å². The van der Waals surface area contributed by atoms with Crippen molar-refractivity contribution in [3.63, 3.8) is 0 Å². The third kappa shape index (κ3) is 3.16. The van der Waals surface area contributed by atoms with Crippen LogP contribution in [-0.2, 0) is 0 Å². The van der Waals surface area contributed by atoms with E-state index in [1.807, 2.05) is 0 Å². The second-order valence-corrected chi connectivity index (χ2v) is 5.28. The normalized spacial score (nSPS) is 23.4. The van der Waals surface area contributed by atoms with E-state index in [9.17, 15) is 0 Å². The van der Waals surface area contributed by atoms with Crippen LogP contribution < -0.4 is 5.32 Å². The Hall–Kier alpha value is -1.24. The molecule has 4 heteroatoms. The first-order valence-corrected chi connectivity index (χ1v) is 6.67. The Morgan fingerprint density at radius 2 is 2.06 bits per heavy atom. The van der Waals surface area contributed by atoms with Gasteiger partial charge in [-0.25, -0.2) is 0 Å². The summed E-state index contributed by atoms with van der Waals surface area (Å²) in [5.74, 6) is 0.442. The van der Waals surface area contributed by atoms with Crippen LogP contribution in [0.3, 0.4) is 0 Å². The number of aliphatic hydroxyl groups is 1. The summed E-state index contributed by atoms with van der Waals surface area (Å²) in [6.07, 6.45) is 4.14. The van der Waals surface area contributed by atoms with Crippen LogP contribution in [0.15, 0.2) is 18.2 Å². The summed E-state index contributed by atoms with van der Waals surface area (Å²) in [4.78, 5) is 0. The predicted molar refractivity (Wildman–Crippen MR) is 72.6 cm³/mol. The molecule has 0 bridgehead atoms. The second kappa shape index (κ2) is 6.08. The van der Waals surface area contributed by atoms with Crippen molar-refractivity contribution < 1.29 is 5.11 Å². The number of halogens is 1. The van der Waals surface area contributed by atoms with Crippen molar-refractivity contribution in [3.05, 3.63) is 28.8 Å². The summed E-state index contributed by atoms with van der Waals surface area (Å²) in [5.41, 5.74) is 1.45. The van der Waals surface area contributed by atoms with Gasteiger partial charge >= 0.3 is 0 Å². The van der Waals surface area contributed by atoms with Crippen molar-refractivity contribution in [1.82, 2.24) is 0 Å². The third-order valence-electron chi connectivity index (χ3n) is 3.57. The molecule has 2 rings (SSSR count). The van der Waals surface area contributed by atoms with Gasteiger partial charge in [-0.1, -0.05) is 11.6 Å². The maximum absolute atomic E-state index is 9.10. The maximum Gasteiger partial charge on any atom is 0.101 e. The third-order valence-corrected chi connectivity index (χ3v) is 3.80. The molecule has 0 aliphatic heterocycles. The zero-order valence-corrected chi connectivity index (χ0v) is 11.0. The molecule has 1 aromatic rings. The summed E-state index contributed by atoms with van der Waals surface area (Å²) in [5, 5.41) is 22.2. The van der Waals surface area contributed by atoms with E-state index in [4.69, 9.17) is 22.0 Å². The average Bonchev–Trinajstić information content (AvgIpc) is 2.40. The summed E-state index contributed by atoms with van der Waals surface area (Å²) in [6, 6.07) is 7.82. The fraction of sp³-hybridized carbons (Fsp3) is 0.500. The SMILES string of the molecule is N#Cc1ccc(Cl)cc1NC1CCC(CO)CC1. The largest absolute Gasteiger partial charge is 0.396 e. The van der Waals surface area contributed by atoms with Crippen molar-refractivity contribution in [2.75, 3.05) is 11.9 Å². The van der Waals surface area contributed by atoms with Crippen molar-refractivity contribution >= 4 is 17.3 Å². The van der Waals surface area contributed by atoms with Gasteiger partial charge in [0, 0.05) is 17.7 Å². The molecule has 1 aliphatic carbocycles. The van der Waals surface area contributed by atoms with Gasteiger partial charge in [-0.2, -0.15) is 5.26 Å². The Labute approximate surface area is 112 Å². The first-order chi connectivity index (χ1) is 8.72. The number of nitrogens with zero attached hydrogens (tertiary/aromatic N) is 1. The van der Waals surface area contributed by atoms with Crippen LogP contribution in [0.4, 0.5) is 5.69 Å². The molecule has 0 spiro atoms. The maximum atomic E-state index is 9.10. The molecule has 0 aromatic heterocycles. The highest BCUT2D eigenvalue weighted by Crippen LogP contribution is 2.28. The quantitative estimate of drug-likeness (QED) is 0.882. The lowest BCUT2D eigenvalue weighted by Crippen LogP contribution is -2.27. The van der Waals surface area contributed by atoms with E-state index in [-0.39, 0.29) is 6.61 Å². The van der Waals surface area contributed by atoms with Gasteiger partial charge in [0.2, 0.25) is 0 Å². The molecule has 1 fully saturated rings. The number of nitrogens with one attached hydrogen (secondary N) is 1. The minimum absolute atomic E-state index is 0.285. The Kier molecular flexibility index (Phi) is 4.46. The topological polar surface area (TPSA) is 56.0 Å². The van der Waals surface area contributed by atoms with Crippen LogP contribution in [0.25, 0.3) is 0 Å². The molecule has 1 saturated carbocycles. The molecular weight excluding hydrogens is 248 g/mol. The van der Waals surface area contributed by atoms with Gasteiger partial charge in [-0.15, -0.1) is 0 Å². The Balaban J connectivity index is 2.02. The fourth-order valence-electron chi connectivity index (χ4n) is 2.44. The van der Waals surface area contributed by atoms with Gasteiger partial charge in [0.15, 0.2) is 0 Å². The highest BCUT2D eigenvalue weighted by Gasteiger charge is 2.21. The van der Waals surface area contributed by atoms with Crippen LogP contribution in [0.5, 0.6) is 0 Å². The van der Waals surface area contributed by atoms with Gasteiger partial charge in [0.25, 0.3) is 0 Å². The van der Waals surface area contributed by atoms with Crippen molar-refractivity contribution in [1.29, 1.82) is 5.26 Å². The Morgan fingerprint density at radius 1 is 1.33 bits per heavy atom. The molecule has 2 N–H and O–H groups in total. The fourth-order valence-corrected chi connectivity index (χ4v) is 2.61. The highest BCUT2D eigenvalue weighted by molar-refractivity contribution is 6.30. The molecule has 0 amide bonds. The monoisotopic (exact) mass is 264 g/mol. The lowest BCUT2D eigenvalue weighted by molar-refractivity contribution is 0.186. The average molecular weight is 265 g/mol. The van der Waals surface area contributed by atoms with Crippen LogP contribution in [0, 0.1) is 17.2 Å². The predicted octanol–water partition coefficient (Wildman–Crippen LogP) is 3.17. The number of rotatable bonds is 3. The first kappa shape index (κ1) is 13.2. The zero-order valence-electron chi connectivity index (χ0n) is 10.2. The van der Waals surface area contributed by atoms with Crippen LogP contribution in [0.1, 0.15) is 31.2 Å². The molecule has 0 radical (unpaired) electrons. The first-order valence-electron chi connectivity index (χ1n) is 6.30. The molecule has 0 heterocycles. The number of nitriles is 1. The Morgan fingerprint density at radius 3 is 2.67 bits per heavy atom. The summed E-state index contributed by atoms with van der Waals surface area (Å²) < 4.78 is 0. The van der Waals surface area contributed by atoms with Gasteiger partial charge in [0.1, 0.15) is 6.07 Å². The second-order valence-electron chi connectivity index (χ2n) is 4.85. The number of benzene rings is 1. The minimum atomic E-state index is 0.285. The zero-order chi connectivity index (χ0) is 13.0. The van der Waals surface area contributed by atoms with Gasteiger partial charge < -0.3 is 10.4 Å². The van der Waals surface area contributed by atoms with Crippen LogP contribution >= 0.6 is 11.6 Å². The van der Waals surface area contributed by atoms with Gasteiger partial charge in [-0.05, 0) is 49.8 Å². The van der Waals surface area contributed by atoms with Crippen molar-refractivity contribution in [2.45, 2.75) is 31.7 Å². The summed E-state index contributed by atoms with van der Waals surface area (Å²) >= 11 is 5.95. The highest BCUT2D eigenvalue weighted by atomic mass is 35.5. The van der Waals surface area contributed by atoms with Crippen molar-refractivity contribution in [3.8, 4) is 6.07 Å². The van der Waals surface area contributed by atoms with E-state index < -0.39 is 0 Å². The standard InChI is InChI=1S/C14H17ClN2O/c15-12-4-3-11(8-16)14(7-12)17-13-5-1-10(9-18)2-6-13/h3-4,7,10,13,17-18H,1-2,5-6,9H2. The van der Waals surface area contributed by atoms with E-state index in [1.54, 1.807) is 18.2 Å². The van der Waals surface area contributed by atoms with Crippen LogP contribution in [0.2, 0.25) is 5.02 Å². The molecule has 3 nitrogen and oxygen atoms in total. The number of hydrogen-bond donors (Lipinski definition) is 2. The summed E-state index contributed by atoms with van der Waals surface area (Å²) in [6.45, 7) is 0.285. The molecule has 18 heavy (non-hydrogen) atoms. The molecular formula is C14H17ClN2O. The number of hydrogen-bond acceptors (Lipinski definition) is 3. The smallest absolute Gasteiger partial charge is 0.101 e. The molecule has 0 unspecified atom stereocenters. The summed E-state index contributed by atoms with van der Waals surface area (Å²) in [7, 11) is 0. The molecule has 0 atom stereocenters.